The van der Waals surface area contributed by atoms with Crippen molar-refractivity contribution in [1.82, 2.24) is 5.32 Å². The standard InChI is InChI=1S/C19H24BrN/c1-5-14-7-8-17(12-15(14)6-2)19(21-4)16-9-10-18(20)13(3)11-16/h7-12,19,21H,5-6H2,1-4H3. The van der Waals surface area contributed by atoms with Crippen LogP contribution >= 0.6 is 15.9 Å². The van der Waals surface area contributed by atoms with Crippen molar-refractivity contribution in [2.24, 2.45) is 0 Å². The van der Waals surface area contributed by atoms with Gasteiger partial charge >= 0.3 is 0 Å². The van der Waals surface area contributed by atoms with E-state index in [0.717, 1.165) is 17.3 Å². The normalized spacial score (nSPS) is 12.4. The first-order chi connectivity index (χ1) is 10.1. The summed E-state index contributed by atoms with van der Waals surface area (Å²) in [6.07, 6.45) is 2.19. The summed E-state index contributed by atoms with van der Waals surface area (Å²) >= 11 is 3.58. The summed E-state index contributed by atoms with van der Waals surface area (Å²) in [6.45, 7) is 6.59. The van der Waals surface area contributed by atoms with Crippen LogP contribution in [-0.4, -0.2) is 7.05 Å². The molecule has 1 nitrogen and oxygen atoms in total. The van der Waals surface area contributed by atoms with Gasteiger partial charge < -0.3 is 5.32 Å². The molecule has 0 amide bonds. The van der Waals surface area contributed by atoms with Gasteiger partial charge in [-0.2, -0.15) is 0 Å². The molecule has 2 aromatic rings. The second-order valence-corrected chi connectivity index (χ2v) is 6.32. The highest BCUT2D eigenvalue weighted by atomic mass is 79.9. The van der Waals surface area contributed by atoms with Crippen molar-refractivity contribution in [1.29, 1.82) is 0 Å². The SMILES string of the molecule is CCc1ccc(C(NC)c2ccc(Br)c(C)c2)cc1CC. The zero-order valence-corrected chi connectivity index (χ0v) is 14.9. The van der Waals surface area contributed by atoms with Crippen molar-refractivity contribution in [3.63, 3.8) is 0 Å². The second kappa shape index (κ2) is 7.24. The molecule has 0 spiro atoms. The third kappa shape index (κ3) is 3.56. The van der Waals surface area contributed by atoms with Crippen molar-refractivity contribution in [2.45, 2.75) is 39.7 Å². The number of aryl methyl sites for hydroxylation is 3. The molecule has 0 saturated carbocycles. The molecule has 0 aliphatic rings. The van der Waals surface area contributed by atoms with Crippen LogP contribution in [0, 0.1) is 6.92 Å². The molecule has 1 N–H and O–H groups in total. The molecule has 0 heterocycles. The molecule has 0 fully saturated rings. The monoisotopic (exact) mass is 345 g/mol. The molecule has 2 aromatic carbocycles. The minimum atomic E-state index is 0.244. The lowest BCUT2D eigenvalue weighted by Gasteiger charge is -2.20. The van der Waals surface area contributed by atoms with E-state index < -0.39 is 0 Å². The van der Waals surface area contributed by atoms with Gasteiger partial charge in [0.05, 0.1) is 6.04 Å². The van der Waals surface area contributed by atoms with Crippen LogP contribution in [0.4, 0.5) is 0 Å². The first kappa shape index (κ1) is 16.3. The van der Waals surface area contributed by atoms with E-state index in [2.05, 4.69) is 78.4 Å². The van der Waals surface area contributed by atoms with Crippen LogP contribution in [0.2, 0.25) is 0 Å². The van der Waals surface area contributed by atoms with Gasteiger partial charge in [0.15, 0.2) is 0 Å². The molecule has 21 heavy (non-hydrogen) atoms. The van der Waals surface area contributed by atoms with E-state index in [1.54, 1.807) is 0 Å². The lowest BCUT2D eigenvalue weighted by atomic mass is 9.93. The quantitative estimate of drug-likeness (QED) is 0.785. The van der Waals surface area contributed by atoms with Crippen molar-refractivity contribution in [3.8, 4) is 0 Å². The zero-order chi connectivity index (χ0) is 15.4. The first-order valence-corrected chi connectivity index (χ1v) is 8.45. The van der Waals surface area contributed by atoms with Gasteiger partial charge in [0.2, 0.25) is 0 Å². The highest BCUT2D eigenvalue weighted by molar-refractivity contribution is 9.10. The average Bonchev–Trinajstić information content (AvgIpc) is 2.51. The van der Waals surface area contributed by atoms with Crippen molar-refractivity contribution < 1.29 is 0 Å². The molecule has 112 valence electrons. The van der Waals surface area contributed by atoms with E-state index in [9.17, 15) is 0 Å². The van der Waals surface area contributed by atoms with Crippen molar-refractivity contribution in [2.75, 3.05) is 7.05 Å². The van der Waals surface area contributed by atoms with E-state index in [0.29, 0.717) is 0 Å². The van der Waals surface area contributed by atoms with Crippen LogP contribution in [0.25, 0.3) is 0 Å². The maximum atomic E-state index is 3.58. The fourth-order valence-corrected chi connectivity index (χ4v) is 3.12. The Morgan fingerprint density at radius 2 is 1.57 bits per heavy atom. The summed E-state index contributed by atoms with van der Waals surface area (Å²) < 4.78 is 1.16. The Balaban J connectivity index is 2.43. The van der Waals surface area contributed by atoms with Gasteiger partial charge in [0.25, 0.3) is 0 Å². The van der Waals surface area contributed by atoms with Gasteiger partial charge in [-0.05, 0) is 60.7 Å². The molecule has 0 aromatic heterocycles. The van der Waals surface area contributed by atoms with Crippen molar-refractivity contribution in [3.05, 3.63) is 68.7 Å². The van der Waals surface area contributed by atoms with Crippen molar-refractivity contribution >= 4 is 15.9 Å². The summed E-state index contributed by atoms with van der Waals surface area (Å²) in [7, 11) is 2.03. The van der Waals surface area contributed by atoms with E-state index in [1.165, 1.54) is 27.8 Å². The molecular formula is C19H24BrN. The Kier molecular flexibility index (Phi) is 5.60. The predicted molar refractivity (Wildman–Crippen MR) is 95.0 cm³/mol. The highest BCUT2D eigenvalue weighted by Crippen LogP contribution is 2.27. The van der Waals surface area contributed by atoms with Gasteiger partial charge in [-0.15, -0.1) is 0 Å². The van der Waals surface area contributed by atoms with E-state index in [-0.39, 0.29) is 6.04 Å². The summed E-state index contributed by atoms with van der Waals surface area (Å²) in [5.74, 6) is 0. The fraction of sp³-hybridized carbons (Fsp3) is 0.368. The Labute approximate surface area is 136 Å². The predicted octanol–water partition coefficient (Wildman–Crippen LogP) is 5.19. The van der Waals surface area contributed by atoms with Gasteiger partial charge in [0.1, 0.15) is 0 Å². The smallest absolute Gasteiger partial charge is 0.0574 e. The summed E-state index contributed by atoms with van der Waals surface area (Å²) in [4.78, 5) is 0. The lowest BCUT2D eigenvalue weighted by Crippen LogP contribution is -2.18. The van der Waals surface area contributed by atoms with E-state index >= 15 is 0 Å². The molecular weight excluding hydrogens is 322 g/mol. The maximum absolute atomic E-state index is 3.58. The molecule has 1 atom stereocenters. The number of hydrogen-bond donors (Lipinski definition) is 1. The Bertz CT molecular complexity index is 619. The van der Waals surface area contributed by atoms with E-state index in [4.69, 9.17) is 0 Å². The Morgan fingerprint density at radius 3 is 2.14 bits per heavy atom. The first-order valence-electron chi connectivity index (χ1n) is 7.65. The zero-order valence-electron chi connectivity index (χ0n) is 13.3. The summed E-state index contributed by atoms with van der Waals surface area (Å²) in [5, 5.41) is 3.45. The second-order valence-electron chi connectivity index (χ2n) is 5.47. The lowest BCUT2D eigenvalue weighted by molar-refractivity contribution is 0.689. The third-order valence-corrected chi connectivity index (χ3v) is 5.02. The highest BCUT2D eigenvalue weighted by Gasteiger charge is 2.14. The van der Waals surface area contributed by atoms with Gasteiger partial charge in [0, 0.05) is 4.47 Å². The topological polar surface area (TPSA) is 12.0 Å². The van der Waals surface area contributed by atoms with Crippen LogP contribution in [0.15, 0.2) is 40.9 Å². The molecule has 0 aliphatic carbocycles. The number of halogens is 1. The van der Waals surface area contributed by atoms with Crippen LogP contribution in [0.1, 0.15) is 47.7 Å². The molecule has 0 bridgehead atoms. The van der Waals surface area contributed by atoms with Crippen LogP contribution < -0.4 is 5.32 Å². The summed E-state index contributed by atoms with van der Waals surface area (Å²) in [6, 6.07) is 13.7. The van der Waals surface area contributed by atoms with Crippen LogP contribution in [0.5, 0.6) is 0 Å². The minimum absolute atomic E-state index is 0.244. The number of hydrogen-bond acceptors (Lipinski definition) is 1. The Hall–Kier alpha value is -1.12. The largest absolute Gasteiger partial charge is 0.309 e. The molecule has 1 unspecified atom stereocenters. The molecule has 2 rings (SSSR count). The minimum Gasteiger partial charge on any atom is -0.309 e. The maximum Gasteiger partial charge on any atom is 0.0574 e. The van der Waals surface area contributed by atoms with Crippen LogP contribution in [0.3, 0.4) is 0 Å². The molecule has 0 aliphatic heterocycles. The van der Waals surface area contributed by atoms with E-state index in [1.807, 2.05) is 7.05 Å². The molecule has 0 radical (unpaired) electrons. The average molecular weight is 346 g/mol. The fourth-order valence-electron chi connectivity index (χ4n) is 2.87. The number of rotatable bonds is 5. The third-order valence-electron chi connectivity index (χ3n) is 4.13. The summed E-state index contributed by atoms with van der Waals surface area (Å²) in [5.41, 5.74) is 6.85. The number of benzene rings is 2. The van der Waals surface area contributed by atoms with Crippen LogP contribution in [-0.2, 0) is 12.8 Å². The van der Waals surface area contributed by atoms with Gasteiger partial charge in [-0.1, -0.05) is 60.1 Å². The molecule has 0 saturated heterocycles. The Morgan fingerprint density at radius 1 is 0.952 bits per heavy atom. The van der Waals surface area contributed by atoms with Gasteiger partial charge in [-0.25, -0.2) is 0 Å². The molecule has 2 heteroatoms. The number of nitrogens with one attached hydrogen (secondary N) is 1. The van der Waals surface area contributed by atoms with Gasteiger partial charge in [-0.3, -0.25) is 0 Å².